The highest BCUT2D eigenvalue weighted by Gasteiger charge is 2.28. The lowest BCUT2D eigenvalue weighted by molar-refractivity contribution is -0.149. The van der Waals surface area contributed by atoms with Crippen molar-refractivity contribution in [1.82, 2.24) is 0 Å². The van der Waals surface area contributed by atoms with E-state index >= 15 is 0 Å². The van der Waals surface area contributed by atoms with Crippen molar-refractivity contribution in [2.45, 2.75) is 19.1 Å². The van der Waals surface area contributed by atoms with Gasteiger partial charge in [0.15, 0.2) is 0 Å². The van der Waals surface area contributed by atoms with E-state index in [-0.39, 0.29) is 6.61 Å². The predicted octanol–water partition coefficient (Wildman–Crippen LogP) is 3.11. The first kappa shape index (κ1) is 14.6. The Labute approximate surface area is 116 Å². The molecule has 0 bridgehead atoms. The Kier molecular flexibility index (Phi) is 5.55. The van der Waals surface area contributed by atoms with Crippen LogP contribution in [0.25, 0.3) is 0 Å². The van der Waals surface area contributed by atoms with E-state index in [2.05, 4.69) is 36.6 Å². The average molecular weight is 369 g/mol. The van der Waals surface area contributed by atoms with Gasteiger partial charge in [0.25, 0.3) is 0 Å². The van der Waals surface area contributed by atoms with Gasteiger partial charge in [-0.15, -0.1) is 0 Å². The van der Waals surface area contributed by atoms with Gasteiger partial charge in [0.05, 0.1) is 12.6 Å². The number of carbonyl (C=O) groups excluding carboxylic acids is 1. The summed E-state index contributed by atoms with van der Waals surface area (Å²) in [4.78, 5) is 11.2. The van der Waals surface area contributed by atoms with Gasteiger partial charge in [-0.05, 0) is 30.7 Å². The lowest BCUT2D eigenvalue weighted by Crippen LogP contribution is -2.31. The van der Waals surface area contributed by atoms with Gasteiger partial charge in [0, 0.05) is 8.95 Å². The maximum absolute atomic E-state index is 13.7. The molecule has 0 aliphatic carbocycles. The molecular weight excluding hydrogens is 357 g/mol. The average Bonchev–Trinajstić information content (AvgIpc) is 2.26. The molecule has 1 aromatic rings. The van der Waals surface area contributed by atoms with Crippen LogP contribution in [0.1, 0.15) is 18.5 Å². The third-order valence-electron chi connectivity index (χ3n) is 2.10. The molecule has 6 heteroatoms. The van der Waals surface area contributed by atoms with Crippen molar-refractivity contribution < 1.29 is 13.9 Å². The van der Waals surface area contributed by atoms with Crippen molar-refractivity contribution >= 4 is 37.8 Å². The lowest BCUT2D eigenvalue weighted by Gasteiger charge is -2.16. The molecule has 0 heterocycles. The van der Waals surface area contributed by atoms with E-state index in [1.165, 1.54) is 0 Å². The SMILES string of the molecule is CCOC(=O)C(F)[C@@H](N)c1cc(Br)cc(Br)c1. The number of benzene rings is 1. The summed E-state index contributed by atoms with van der Waals surface area (Å²) in [6.07, 6.45) is -1.86. The number of esters is 1. The van der Waals surface area contributed by atoms with Gasteiger partial charge in [-0.2, -0.15) is 0 Å². The van der Waals surface area contributed by atoms with E-state index in [1.54, 1.807) is 25.1 Å². The van der Waals surface area contributed by atoms with Gasteiger partial charge in [0.1, 0.15) is 0 Å². The summed E-state index contributed by atoms with van der Waals surface area (Å²) in [6.45, 7) is 1.75. The zero-order chi connectivity index (χ0) is 13.0. The second kappa shape index (κ2) is 6.47. The molecule has 2 N–H and O–H groups in total. The second-order valence-electron chi connectivity index (χ2n) is 3.38. The highest BCUT2D eigenvalue weighted by Crippen LogP contribution is 2.26. The molecule has 0 radical (unpaired) electrons. The van der Waals surface area contributed by atoms with Gasteiger partial charge in [-0.1, -0.05) is 31.9 Å². The molecule has 1 rings (SSSR count). The zero-order valence-electron chi connectivity index (χ0n) is 9.12. The van der Waals surface area contributed by atoms with Crippen LogP contribution in [0.3, 0.4) is 0 Å². The molecule has 0 fully saturated rings. The van der Waals surface area contributed by atoms with E-state index in [0.717, 1.165) is 8.95 Å². The first-order valence-electron chi connectivity index (χ1n) is 4.98. The molecule has 17 heavy (non-hydrogen) atoms. The van der Waals surface area contributed by atoms with Gasteiger partial charge >= 0.3 is 5.97 Å². The number of halogens is 3. The Morgan fingerprint density at radius 3 is 2.41 bits per heavy atom. The van der Waals surface area contributed by atoms with E-state index < -0.39 is 18.2 Å². The van der Waals surface area contributed by atoms with Crippen LogP contribution in [0.4, 0.5) is 4.39 Å². The summed E-state index contributed by atoms with van der Waals surface area (Å²) in [5.41, 5.74) is 6.21. The van der Waals surface area contributed by atoms with Crippen LogP contribution < -0.4 is 5.73 Å². The monoisotopic (exact) mass is 367 g/mol. The summed E-state index contributed by atoms with van der Waals surface area (Å²) >= 11 is 6.55. The van der Waals surface area contributed by atoms with Gasteiger partial charge in [-0.3, -0.25) is 0 Å². The maximum Gasteiger partial charge on any atom is 0.342 e. The molecule has 3 nitrogen and oxygen atoms in total. The van der Waals surface area contributed by atoms with Crippen molar-refractivity contribution in [3.63, 3.8) is 0 Å². The summed E-state index contributed by atoms with van der Waals surface area (Å²) in [5, 5.41) is 0. The highest BCUT2D eigenvalue weighted by atomic mass is 79.9. The molecule has 1 unspecified atom stereocenters. The number of hydrogen-bond donors (Lipinski definition) is 1. The number of alkyl halides is 1. The number of hydrogen-bond acceptors (Lipinski definition) is 3. The number of rotatable bonds is 4. The number of carbonyl (C=O) groups is 1. The Morgan fingerprint density at radius 1 is 1.41 bits per heavy atom. The molecular formula is C11H12Br2FNO2. The second-order valence-corrected chi connectivity index (χ2v) is 5.21. The van der Waals surface area contributed by atoms with E-state index in [9.17, 15) is 9.18 Å². The maximum atomic E-state index is 13.7. The third-order valence-corrected chi connectivity index (χ3v) is 3.01. The summed E-state index contributed by atoms with van der Waals surface area (Å²) in [5.74, 6) is -0.934. The number of ether oxygens (including phenoxy) is 1. The molecule has 0 saturated carbocycles. The van der Waals surface area contributed by atoms with Crippen LogP contribution in [0.5, 0.6) is 0 Å². The van der Waals surface area contributed by atoms with Gasteiger partial charge < -0.3 is 10.5 Å². The first-order valence-corrected chi connectivity index (χ1v) is 6.56. The van der Waals surface area contributed by atoms with Crippen LogP contribution in [-0.2, 0) is 9.53 Å². The first-order chi connectivity index (χ1) is 7.95. The fourth-order valence-electron chi connectivity index (χ4n) is 1.31. The van der Waals surface area contributed by atoms with Crippen molar-refractivity contribution in [1.29, 1.82) is 0 Å². The van der Waals surface area contributed by atoms with E-state index in [1.807, 2.05) is 0 Å². The van der Waals surface area contributed by atoms with Gasteiger partial charge in [0.2, 0.25) is 6.17 Å². The minimum atomic E-state index is -1.86. The minimum Gasteiger partial charge on any atom is -0.464 e. The van der Waals surface area contributed by atoms with Crippen LogP contribution in [0, 0.1) is 0 Å². The molecule has 0 spiro atoms. The minimum absolute atomic E-state index is 0.133. The Morgan fingerprint density at radius 2 is 1.94 bits per heavy atom. The Bertz CT molecular complexity index is 394. The van der Waals surface area contributed by atoms with Crippen molar-refractivity contribution in [2.24, 2.45) is 5.73 Å². The highest BCUT2D eigenvalue weighted by molar-refractivity contribution is 9.11. The molecule has 0 aromatic heterocycles. The Balaban J connectivity index is 2.87. The van der Waals surface area contributed by atoms with Crippen LogP contribution in [0.2, 0.25) is 0 Å². The largest absolute Gasteiger partial charge is 0.464 e. The summed E-state index contributed by atoms with van der Waals surface area (Å²) in [7, 11) is 0. The normalized spacial score (nSPS) is 14.2. The molecule has 0 aliphatic rings. The molecule has 0 amide bonds. The smallest absolute Gasteiger partial charge is 0.342 e. The standard InChI is InChI=1S/C11H12Br2FNO2/c1-2-17-11(16)9(14)10(15)6-3-7(12)5-8(13)4-6/h3-5,9-10H,2,15H2,1H3/t9?,10-/m0/s1. The fraction of sp³-hybridized carbons (Fsp3) is 0.364. The third kappa shape index (κ3) is 4.04. The molecule has 94 valence electrons. The number of nitrogens with two attached hydrogens (primary N) is 1. The van der Waals surface area contributed by atoms with Crippen LogP contribution in [-0.4, -0.2) is 18.7 Å². The van der Waals surface area contributed by atoms with Crippen LogP contribution in [0.15, 0.2) is 27.1 Å². The quantitative estimate of drug-likeness (QED) is 0.830. The zero-order valence-corrected chi connectivity index (χ0v) is 12.3. The Hall–Kier alpha value is -0.460. The molecule has 0 aliphatic heterocycles. The van der Waals surface area contributed by atoms with Gasteiger partial charge in [-0.25, -0.2) is 9.18 Å². The lowest BCUT2D eigenvalue weighted by atomic mass is 10.0. The molecule has 1 aromatic carbocycles. The van der Waals surface area contributed by atoms with Crippen molar-refractivity contribution in [3.05, 3.63) is 32.7 Å². The molecule has 0 saturated heterocycles. The van der Waals surface area contributed by atoms with E-state index in [0.29, 0.717) is 5.56 Å². The molecule has 2 atom stereocenters. The van der Waals surface area contributed by atoms with Crippen molar-refractivity contribution in [2.75, 3.05) is 6.61 Å². The predicted molar refractivity (Wildman–Crippen MR) is 70.3 cm³/mol. The summed E-state index contributed by atoms with van der Waals surface area (Å²) < 4.78 is 19.8. The fourth-order valence-corrected chi connectivity index (χ4v) is 2.63. The van der Waals surface area contributed by atoms with E-state index in [4.69, 9.17) is 5.73 Å². The van der Waals surface area contributed by atoms with Crippen LogP contribution >= 0.6 is 31.9 Å². The summed E-state index contributed by atoms with van der Waals surface area (Å²) in [6, 6.07) is 4.10. The topological polar surface area (TPSA) is 52.3 Å². The van der Waals surface area contributed by atoms with Crippen molar-refractivity contribution in [3.8, 4) is 0 Å².